The van der Waals surface area contributed by atoms with Gasteiger partial charge in [0, 0.05) is 51.8 Å². The zero-order chi connectivity index (χ0) is 22.1. The quantitative estimate of drug-likeness (QED) is 0.273. The fourth-order valence-electron chi connectivity index (χ4n) is 4.39. The molecule has 32 heavy (non-hydrogen) atoms. The van der Waals surface area contributed by atoms with Crippen LogP contribution in [0.2, 0.25) is 0 Å². The molecular weight excluding hydrogens is 517 g/mol. The molecule has 0 radical (unpaired) electrons. The van der Waals surface area contributed by atoms with Gasteiger partial charge in [0.2, 0.25) is 5.91 Å². The molecular formula is C24H40IN5O2. The first-order valence-electron chi connectivity index (χ1n) is 11.7. The summed E-state index contributed by atoms with van der Waals surface area (Å²) >= 11 is 0. The number of hydrogen-bond acceptors (Lipinski definition) is 4. The molecule has 2 saturated heterocycles. The standard InChI is InChI=1S/C24H39N5O2.HI/c1-4-26-24(28-21-11-13-29(14-12-21)17-22(30)25-3)27-16-20-6-5-15-31-23(20)19-9-7-18(2)8-10-19;/h7-10,20-21,23H,4-6,11-17H2,1-3H3,(H,25,30)(H2,26,27,28);1H. The molecule has 1 amide bonds. The van der Waals surface area contributed by atoms with E-state index in [9.17, 15) is 4.79 Å². The predicted octanol–water partition coefficient (Wildman–Crippen LogP) is 2.85. The molecule has 1 aromatic carbocycles. The van der Waals surface area contributed by atoms with Gasteiger partial charge in [-0.2, -0.15) is 0 Å². The van der Waals surface area contributed by atoms with Crippen molar-refractivity contribution in [3.63, 3.8) is 0 Å². The van der Waals surface area contributed by atoms with E-state index in [1.54, 1.807) is 7.05 Å². The van der Waals surface area contributed by atoms with Crippen molar-refractivity contribution < 1.29 is 9.53 Å². The molecule has 2 aliphatic heterocycles. The van der Waals surface area contributed by atoms with Gasteiger partial charge in [-0.3, -0.25) is 14.7 Å². The van der Waals surface area contributed by atoms with Crippen molar-refractivity contribution in [3.8, 4) is 0 Å². The molecule has 2 heterocycles. The fourth-order valence-corrected chi connectivity index (χ4v) is 4.39. The molecule has 3 N–H and O–H groups in total. The number of piperidine rings is 1. The summed E-state index contributed by atoms with van der Waals surface area (Å²) in [6.07, 6.45) is 4.38. The molecule has 0 bridgehead atoms. The second-order valence-corrected chi connectivity index (χ2v) is 8.69. The first-order valence-corrected chi connectivity index (χ1v) is 11.7. The topological polar surface area (TPSA) is 78.0 Å². The lowest BCUT2D eigenvalue weighted by Gasteiger charge is -2.33. The van der Waals surface area contributed by atoms with E-state index in [1.807, 2.05) is 0 Å². The maximum absolute atomic E-state index is 11.6. The van der Waals surface area contributed by atoms with Gasteiger partial charge in [-0.05, 0) is 45.1 Å². The molecule has 0 spiro atoms. The molecule has 0 aliphatic carbocycles. The largest absolute Gasteiger partial charge is 0.373 e. The zero-order valence-electron chi connectivity index (χ0n) is 19.7. The number of likely N-dealkylation sites (tertiary alicyclic amines) is 1. The molecule has 2 unspecified atom stereocenters. The van der Waals surface area contributed by atoms with Gasteiger partial charge < -0.3 is 20.7 Å². The Morgan fingerprint density at radius 3 is 2.56 bits per heavy atom. The van der Waals surface area contributed by atoms with Crippen LogP contribution >= 0.6 is 24.0 Å². The van der Waals surface area contributed by atoms with Crippen LogP contribution in [0, 0.1) is 12.8 Å². The highest BCUT2D eigenvalue weighted by Gasteiger charge is 2.28. The molecule has 180 valence electrons. The van der Waals surface area contributed by atoms with Crippen molar-refractivity contribution in [2.75, 3.05) is 46.4 Å². The van der Waals surface area contributed by atoms with Gasteiger partial charge in [-0.15, -0.1) is 24.0 Å². The lowest BCUT2D eigenvalue weighted by atomic mass is 9.89. The average molecular weight is 558 g/mol. The van der Waals surface area contributed by atoms with Gasteiger partial charge in [-0.1, -0.05) is 29.8 Å². The fraction of sp³-hybridized carbons (Fsp3) is 0.667. The molecule has 3 rings (SSSR count). The Balaban J connectivity index is 0.00000363. The maximum Gasteiger partial charge on any atom is 0.233 e. The molecule has 2 fully saturated rings. The number of halogens is 1. The van der Waals surface area contributed by atoms with E-state index in [0.29, 0.717) is 18.5 Å². The number of aliphatic imine (C=N–C) groups is 1. The number of benzene rings is 1. The predicted molar refractivity (Wildman–Crippen MR) is 141 cm³/mol. The van der Waals surface area contributed by atoms with E-state index in [4.69, 9.17) is 9.73 Å². The number of aryl methyl sites for hydroxylation is 1. The van der Waals surface area contributed by atoms with Crippen molar-refractivity contribution in [1.82, 2.24) is 20.9 Å². The Bertz CT molecular complexity index is 720. The number of rotatable bonds is 7. The number of nitrogens with zero attached hydrogens (tertiary/aromatic N) is 2. The molecule has 8 heteroatoms. The van der Waals surface area contributed by atoms with Crippen molar-refractivity contribution in [2.24, 2.45) is 10.9 Å². The van der Waals surface area contributed by atoms with Crippen molar-refractivity contribution in [2.45, 2.75) is 51.7 Å². The number of carbonyl (C=O) groups excluding carboxylic acids is 1. The third kappa shape index (κ3) is 8.19. The molecule has 0 saturated carbocycles. The molecule has 2 aliphatic rings. The maximum atomic E-state index is 11.6. The number of likely N-dealkylation sites (N-methyl/N-ethyl adjacent to an activating group) is 1. The lowest BCUT2D eigenvalue weighted by Crippen LogP contribution is -2.50. The van der Waals surface area contributed by atoms with Gasteiger partial charge in [0.1, 0.15) is 0 Å². The Morgan fingerprint density at radius 2 is 1.91 bits per heavy atom. The molecule has 0 aromatic heterocycles. The summed E-state index contributed by atoms with van der Waals surface area (Å²) < 4.78 is 6.16. The van der Waals surface area contributed by atoms with E-state index >= 15 is 0 Å². The third-order valence-electron chi connectivity index (χ3n) is 6.25. The highest BCUT2D eigenvalue weighted by atomic mass is 127. The second-order valence-electron chi connectivity index (χ2n) is 8.69. The first kappa shape index (κ1) is 26.9. The summed E-state index contributed by atoms with van der Waals surface area (Å²) in [5.41, 5.74) is 2.53. The van der Waals surface area contributed by atoms with Crippen molar-refractivity contribution in [1.29, 1.82) is 0 Å². The van der Waals surface area contributed by atoms with Crippen LogP contribution in [0.5, 0.6) is 0 Å². The summed E-state index contributed by atoms with van der Waals surface area (Å²) in [6, 6.07) is 9.09. The number of hydrogen-bond donors (Lipinski definition) is 3. The Hall–Kier alpha value is -1.39. The SMILES string of the molecule is CCNC(=NCC1CCCOC1c1ccc(C)cc1)NC1CCN(CC(=O)NC)CC1.I. The highest BCUT2D eigenvalue weighted by Crippen LogP contribution is 2.34. The minimum Gasteiger partial charge on any atom is -0.373 e. The zero-order valence-corrected chi connectivity index (χ0v) is 22.1. The average Bonchev–Trinajstić information content (AvgIpc) is 2.79. The second kappa shape index (κ2) is 14.0. The van der Waals surface area contributed by atoms with Crippen LogP contribution in [0.25, 0.3) is 0 Å². The molecule has 7 nitrogen and oxygen atoms in total. The van der Waals surface area contributed by atoms with E-state index in [2.05, 4.69) is 59.0 Å². The van der Waals surface area contributed by atoms with Crippen LogP contribution in [0.1, 0.15) is 49.8 Å². The van der Waals surface area contributed by atoms with Gasteiger partial charge >= 0.3 is 0 Å². The van der Waals surface area contributed by atoms with Crippen LogP contribution in [-0.4, -0.2) is 69.2 Å². The van der Waals surface area contributed by atoms with Crippen LogP contribution in [0.15, 0.2) is 29.3 Å². The van der Waals surface area contributed by atoms with Crippen LogP contribution < -0.4 is 16.0 Å². The minimum atomic E-state index is 0. The Kier molecular flexibility index (Phi) is 11.7. The van der Waals surface area contributed by atoms with Crippen LogP contribution in [0.3, 0.4) is 0 Å². The summed E-state index contributed by atoms with van der Waals surface area (Å²) in [5, 5.41) is 9.72. The van der Waals surface area contributed by atoms with Crippen molar-refractivity contribution >= 4 is 35.8 Å². The van der Waals surface area contributed by atoms with Gasteiger partial charge in [-0.25, -0.2) is 0 Å². The summed E-state index contributed by atoms with van der Waals surface area (Å²) in [5.74, 6) is 1.36. The number of carbonyl (C=O) groups is 1. The number of guanidine groups is 1. The summed E-state index contributed by atoms with van der Waals surface area (Å²) in [4.78, 5) is 18.8. The monoisotopic (exact) mass is 557 g/mol. The Labute approximate surface area is 210 Å². The van der Waals surface area contributed by atoms with E-state index in [0.717, 1.165) is 64.4 Å². The highest BCUT2D eigenvalue weighted by molar-refractivity contribution is 14.0. The van der Waals surface area contributed by atoms with E-state index in [1.165, 1.54) is 11.1 Å². The summed E-state index contributed by atoms with van der Waals surface area (Å²) in [6.45, 7) is 8.97. The minimum absolute atomic E-state index is 0. The van der Waals surface area contributed by atoms with Gasteiger partial charge in [0.15, 0.2) is 5.96 Å². The molecule has 2 atom stereocenters. The van der Waals surface area contributed by atoms with E-state index in [-0.39, 0.29) is 36.0 Å². The number of ether oxygens (including phenoxy) is 1. The molecule has 1 aromatic rings. The van der Waals surface area contributed by atoms with Gasteiger partial charge in [0.25, 0.3) is 0 Å². The van der Waals surface area contributed by atoms with Crippen LogP contribution in [-0.2, 0) is 9.53 Å². The normalized spacial score (nSPS) is 22.7. The smallest absolute Gasteiger partial charge is 0.233 e. The summed E-state index contributed by atoms with van der Waals surface area (Å²) in [7, 11) is 1.69. The Morgan fingerprint density at radius 1 is 1.19 bits per heavy atom. The third-order valence-corrected chi connectivity index (χ3v) is 6.25. The number of amides is 1. The lowest BCUT2D eigenvalue weighted by molar-refractivity contribution is -0.122. The first-order chi connectivity index (χ1) is 15.1. The van der Waals surface area contributed by atoms with Gasteiger partial charge in [0.05, 0.1) is 12.6 Å². The van der Waals surface area contributed by atoms with E-state index < -0.39 is 0 Å². The van der Waals surface area contributed by atoms with Crippen molar-refractivity contribution in [3.05, 3.63) is 35.4 Å². The van der Waals surface area contributed by atoms with Crippen LogP contribution in [0.4, 0.5) is 0 Å². The number of nitrogens with one attached hydrogen (secondary N) is 3.